The molecule has 0 heterocycles. The Morgan fingerprint density at radius 1 is 0.929 bits per heavy atom. The minimum Gasteiger partial charge on any atom is -0.496 e. The highest BCUT2D eigenvalue weighted by molar-refractivity contribution is 7.89. The van der Waals surface area contributed by atoms with Crippen LogP contribution >= 0.6 is 0 Å². The highest BCUT2D eigenvalue weighted by Gasteiger charge is 2.31. The van der Waals surface area contributed by atoms with E-state index in [2.05, 4.69) is 5.32 Å². The average molecular weight is 595 g/mol. The molecule has 1 aliphatic rings. The molecule has 2 N–H and O–H groups in total. The summed E-state index contributed by atoms with van der Waals surface area (Å²) in [6, 6.07) is 19.2. The number of hydrogen-bond donors (Lipinski definition) is 2. The normalized spacial score (nSPS) is 13.4. The van der Waals surface area contributed by atoms with Crippen LogP contribution in [0.4, 0.5) is 4.79 Å². The van der Waals surface area contributed by atoms with Gasteiger partial charge in [0.2, 0.25) is 10.0 Å². The molecule has 0 fully saturated rings. The molecular weight excluding hydrogens is 560 g/mol. The van der Waals surface area contributed by atoms with Crippen LogP contribution in [-0.2, 0) is 30.7 Å². The van der Waals surface area contributed by atoms with Crippen LogP contribution in [0, 0.1) is 0 Å². The lowest BCUT2D eigenvalue weighted by Crippen LogP contribution is -2.46. The number of fused-ring (bicyclic) bond motifs is 3. The number of nitrogens with one attached hydrogen (secondary N) is 2. The van der Waals surface area contributed by atoms with Crippen molar-refractivity contribution in [3.8, 4) is 16.9 Å². The van der Waals surface area contributed by atoms with Crippen LogP contribution < -0.4 is 14.8 Å². The third-order valence-electron chi connectivity index (χ3n) is 6.56. The number of benzene rings is 3. The minimum atomic E-state index is -3.79. The van der Waals surface area contributed by atoms with Gasteiger partial charge in [0, 0.05) is 12.3 Å². The molecule has 0 aromatic heterocycles. The third-order valence-corrected chi connectivity index (χ3v) is 7.11. The van der Waals surface area contributed by atoms with E-state index in [1.165, 1.54) is 25.3 Å². The second-order valence-electron chi connectivity index (χ2n) is 11.0. The number of amides is 2. The predicted molar refractivity (Wildman–Crippen MR) is 157 cm³/mol. The van der Waals surface area contributed by atoms with Gasteiger partial charge in [0.1, 0.15) is 24.0 Å². The molecule has 10 nitrogen and oxygen atoms in total. The van der Waals surface area contributed by atoms with Crippen molar-refractivity contribution in [2.45, 2.75) is 44.8 Å². The van der Waals surface area contributed by atoms with E-state index in [1.807, 2.05) is 53.3 Å². The summed E-state index contributed by atoms with van der Waals surface area (Å²) in [5.41, 5.74) is 4.00. The number of methoxy groups -OCH3 is 1. The van der Waals surface area contributed by atoms with Gasteiger partial charge in [-0.1, -0.05) is 54.6 Å². The first-order chi connectivity index (χ1) is 19.8. The third kappa shape index (κ3) is 7.47. The van der Waals surface area contributed by atoms with Crippen LogP contribution in [0.25, 0.3) is 11.1 Å². The van der Waals surface area contributed by atoms with Crippen LogP contribution in [-0.4, -0.2) is 58.0 Å². The van der Waals surface area contributed by atoms with E-state index in [4.69, 9.17) is 14.2 Å². The molecule has 1 unspecified atom stereocenters. The summed E-state index contributed by atoms with van der Waals surface area (Å²) in [4.78, 5) is 38.5. The highest BCUT2D eigenvalue weighted by Crippen LogP contribution is 2.44. The van der Waals surface area contributed by atoms with Crippen molar-refractivity contribution in [1.29, 1.82) is 0 Å². The van der Waals surface area contributed by atoms with Crippen LogP contribution in [0.5, 0.6) is 5.75 Å². The Kier molecular flexibility index (Phi) is 8.91. The van der Waals surface area contributed by atoms with E-state index in [1.54, 1.807) is 20.8 Å². The van der Waals surface area contributed by atoms with Crippen molar-refractivity contribution in [2.24, 2.45) is 0 Å². The fraction of sp³-hybridized carbons (Fsp3) is 0.323. The van der Waals surface area contributed by atoms with Crippen molar-refractivity contribution in [2.75, 3.05) is 20.0 Å². The molecule has 42 heavy (non-hydrogen) atoms. The van der Waals surface area contributed by atoms with E-state index in [9.17, 15) is 22.8 Å². The first-order valence-corrected chi connectivity index (χ1v) is 15.2. The number of ether oxygens (including phenoxy) is 3. The summed E-state index contributed by atoms with van der Waals surface area (Å²) >= 11 is 0. The van der Waals surface area contributed by atoms with E-state index in [-0.39, 0.29) is 30.3 Å². The Morgan fingerprint density at radius 2 is 1.52 bits per heavy atom. The van der Waals surface area contributed by atoms with Gasteiger partial charge in [-0.3, -0.25) is 4.79 Å². The zero-order chi connectivity index (χ0) is 30.7. The van der Waals surface area contributed by atoms with Crippen molar-refractivity contribution in [1.82, 2.24) is 10.0 Å². The van der Waals surface area contributed by atoms with E-state index in [0.29, 0.717) is 5.56 Å². The lowest BCUT2D eigenvalue weighted by Gasteiger charge is -2.25. The van der Waals surface area contributed by atoms with Gasteiger partial charge in [-0.2, -0.15) is 0 Å². The molecule has 222 valence electrons. The molecule has 0 radical (unpaired) electrons. The minimum absolute atomic E-state index is 0.00927. The first-order valence-electron chi connectivity index (χ1n) is 13.3. The molecule has 0 saturated heterocycles. The maximum absolute atomic E-state index is 13.1. The van der Waals surface area contributed by atoms with Crippen LogP contribution in [0.1, 0.15) is 53.7 Å². The van der Waals surface area contributed by atoms with Gasteiger partial charge in [-0.25, -0.2) is 22.7 Å². The van der Waals surface area contributed by atoms with E-state index < -0.39 is 39.6 Å². The maximum atomic E-state index is 13.1. The summed E-state index contributed by atoms with van der Waals surface area (Å²) in [5, 5.41) is 2.63. The van der Waals surface area contributed by atoms with Gasteiger partial charge in [0.05, 0.1) is 18.9 Å². The molecule has 0 saturated carbocycles. The summed E-state index contributed by atoms with van der Waals surface area (Å²) in [7, 11) is -2.46. The Bertz CT molecular complexity index is 1570. The monoisotopic (exact) mass is 594 g/mol. The lowest BCUT2D eigenvalue weighted by atomic mass is 9.98. The molecule has 3 aromatic carbocycles. The van der Waals surface area contributed by atoms with E-state index >= 15 is 0 Å². The fourth-order valence-electron chi connectivity index (χ4n) is 4.86. The molecule has 0 aliphatic heterocycles. The second-order valence-corrected chi connectivity index (χ2v) is 12.7. The average Bonchev–Trinajstić information content (AvgIpc) is 3.23. The van der Waals surface area contributed by atoms with Crippen molar-refractivity contribution in [3.63, 3.8) is 0 Å². The Hall–Kier alpha value is -4.38. The predicted octanol–water partition coefficient (Wildman–Crippen LogP) is 4.18. The zero-order valence-corrected chi connectivity index (χ0v) is 24.9. The Morgan fingerprint density at radius 3 is 2.07 bits per heavy atom. The van der Waals surface area contributed by atoms with Gasteiger partial charge < -0.3 is 19.5 Å². The Labute approximate surface area is 245 Å². The van der Waals surface area contributed by atoms with Crippen LogP contribution in [0.15, 0.2) is 66.7 Å². The number of carbonyl (C=O) groups excluding carboxylic acids is 3. The molecule has 1 aliphatic carbocycles. The molecule has 11 heteroatoms. The van der Waals surface area contributed by atoms with Crippen molar-refractivity contribution < 1.29 is 37.0 Å². The molecule has 3 aromatic rings. The Balaban J connectivity index is 1.51. The van der Waals surface area contributed by atoms with Crippen LogP contribution in [0.2, 0.25) is 0 Å². The maximum Gasteiger partial charge on any atom is 0.407 e. The molecule has 0 spiro atoms. The van der Waals surface area contributed by atoms with Gasteiger partial charge >= 0.3 is 12.1 Å². The quantitative estimate of drug-likeness (QED) is 0.352. The van der Waals surface area contributed by atoms with E-state index in [0.717, 1.165) is 28.5 Å². The summed E-state index contributed by atoms with van der Waals surface area (Å²) in [5.74, 6) is -1.59. The SMILES string of the molecule is COc1cc(CC(NC(=O)OCC2c3ccccc3-c3ccccc32)C(=O)OC(C)(C)C)ccc1C(=O)NS(C)(=O)=O. The van der Waals surface area contributed by atoms with Crippen molar-refractivity contribution in [3.05, 3.63) is 89.0 Å². The van der Waals surface area contributed by atoms with Gasteiger partial charge in [-0.05, 0) is 60.7 Å². The van der Waals surface area contributed by atoms with Gasteiger partial charge in [-0.15, -0.1) is 0 Å². The number of esters is 1. The summed E-state index contributed by atoms with van der Waals surface area (Å²) in [6.45, 7) is 5.22. The number of rotatable bonds is 9. The molecular formula is C31H34N2O8S. The van der Waals surface area contributed by atoms with Gasteiger partial charge in [0.15, 0.2) is 0 Å². The standard InChI is InChI=1S/C31H34N2O8S/c1-31(2,3)41-29(35)26(16-19-14-15-24(27(17-19)39-4)28(34)33-42(5,37)38)32-30(36)40-18-25-22-12-8-6-10-20(22)21-11-7-9-13-23(21)25/h6-15,17,25-26H,16,18H2,1-5H3,(H,32,36)(H,33,34). The number of hydrogen-bond acceptors (Lipinski definition) is 8. The number of carbonyl (C=O) groups is 3. The molecule has 0 bridgehead atoms. The molecule has 2 amide bonds. The molecule has 4 rings (SSSR count). The van der Waals surface area contributed by atoms with Gasteiger partial charge in [0.25, 0.3) is 5.91 Å². The smallest absolute Gasteiger partial charge is 0.407 e. The van der Waals surface area contributed by atoms with Crippen molar-refractivity contribution >= 4 is 28.0 Å². The lowest BCUT2D eigenvalue weighted by molar-refractivity contribution is -0.157. The first kappa shape index (κ1) is 30.6. The highest BCUT2D eigenvalue weighted by atomic mass is 32.2. The fourth-order valence-corrected chi connectivity index (χ4v) is 5.30. The largest absolute Gasteiger partial charge is 0.496 e. The number of sulfonamides is 1. The number of alkyl carbamates (subject to hydrolysis) is 1. The molecule has 1 atom stereocenters. The zero-order valence-electron chi connectivity index (χ0n) is 24.1. The van der Waals surface area contributed by atoms with Crippen LogP contribution in [0.3, 0.4) is 0 Å². The summed E-state index contributed by atoms with van der Waals surface area (Å²) < 4.78 is 41.4. The topological polar surface area (TPSA) is 137 Å². The second kappa shape index (κ2) is 12.2. The summed E-state index contributed by atoms with van der Waals surface area (Å²) in [6.07, 6.45) is 0.0686.